The highest BCUT2D eigenvalue weighted by Gasteiger charge is 2.44. The molecular formula is C23H21F3N6O. The van der Waals surface area contributed by atoms with Gasteiger partial charge in [0.05, 0.1) is 28.7 Å². The molecule has 0 fully saturated rings. The van der Waals surface area contributed by atoms with Gasteiger partial charge in [0.25, 0.3) is 5.91 Å². The van der Waals surface area contributed by atoms with Crippen molar-refractivity contribution >= 4 is 28.4 Å². The smallest absolute Gasteiger partial charge is 0.333 e. The zero-order valence-corrected chi connectivity index (χ0v) is 18.2. The Morgan fingerprint density at radius 1 is 1.24 bits per heavy atom. The molecule has 0 saturated heterocycles. The van der Waals surface area contributed by atoms with E-state index in [4.69, 9.17) is 5.41 Å². The Morgan fingerprint density at radius 2 is 2.00 bits per heavy atom. The van der Waals surface area contributed by atoms with E-state index in [0.29, 0.717) is 22.4 Å². The van der Waals surface area contributed by atoms with Crippen LogP contribution in [0.25, 0.3) is 10.9 Å². The number of nitrogens with one attached hydrogen (secondary N) is 2. The minimum Gasteiger partial charge on any atom is -0.355 e. The van der Waals surface area contributed by atoms with E-state index in [0.717, 1.165) is 11.1 Å². The lowest BCUT2D eigenvalue weighted by molar-refractivity contribution is 0.0558. The minimum atomic E-state index is -3.92. The Bertz CT molecular complexity index is 1340. The Balaban J connectivity index is 1.66. The lowest BCUT2D eigenvalue weighted by Crippen LogP contribution is -2.40. The van der Waals surface area contributed by atoms with Crippen LogP contribution < -0.4 is 5.32 Å². The molecule has 0 atom stereocenters. The van der Waals surface area contributed by atoms with Crippen molar-refractivity contribution in [3.05, 3.63) is 76.8 Å². The molecule has 33 heavy (non-hydrogen) atoms. The van der Waals surface area contributed by atoms with Gasteiger partial charge in [-0.15, -0.1) is 0 Å². The standard InChI is InChI=1S/C23H21F3N6O/c1-13-11-14(6-7-15(13)21(33)28-2)18-5-4-10-32(30-18)22(27)23(25,26)17-8-9-19-16(20(17)24)12-31(3)29-19/h4-9,11-12,27H,10H2,1-3H3,(H,28,33). The molecule has 1 aliphatic heterocycles. The van der Waals surface area contributed by atoms with Crippen LogP contribution in [0, 0.1) is 18.2 Å². The first-order valence-corrected chi connectivity index (χ1v) is 10.1. The number of benzene rings is 2. The summed E-state index contributed by atoms with van der Waals surface area (Å²) in [6.45, 7) is 1.69. The number of carbonyl (C=O) groups excluding carboxylic acids is 1. The molecular weight excluding hydrogens is 433 g/mol. The van der Waals surface area contributed by atoms with Crippen LogP contribution in [0.1, 0.15) is 27.0 Å². The Kier molecular flexibility index (Phi) is 5.52. The molecule has 0 bridgehead atoms. The molecule has 2 aromatic carbocycles. The largest absolute Gasteiger partial charge is 0.355 e. The highest BCUT2D eigenvalue weighted by molar-refractivity contribution is 6.10. The van der Waals surface area contributed by atoms with Gasteiger partial charge in [0.15, 0.2) is 5.84 Å². The van der Waals surface area contributed by atoms with Gasteiger partial charge in [-0.25, -0.2) is 9.40 Å². The quantitative estimate of drug-likeness (QED) is 0.465. The van der Waals surface area contributed by atoms with Gasteiger partial charge in [-0.3, -0.25) is 14.9 Å². The van der Waals surface area contributed by atoms with Crippen molar-refractivity contribution < 1.29 is 18.0 Å². The van der Waals surface area contributed by atoms with E-state index in [9.17, 15) is 9.18 Å². The van der Waals surface area contributed by atoms with E-state index < -0.39 is 23.1 Å². The van der Waals surface area contributed by atoms with E-state index in [1.54, 1.807) is 44.3 Å². The number of carbonyl (C=O) groups is 1. The van der Waals surface area contributed by atoms with Crippen molar-refractivity contribution in [2.75, 3.05) is 13.6 Å². The minimum absolute atomic E-state index is 0.0445. The van der Waals surface area contributed by atoms with Crippen LogP contribution in [0.5, 0.6) is 0 Å². The van der Waals surface area contributed by atoms with Gasteiger partial charge >= 0.3 is 5.92 Å². The van der Waals surface area contributed by atoms with Crippen molar-refractivity contribution in [1.82, 2.24) is 20.1 Å². The Labute approximate surface area is 187 Å². The van der Waals surface area contributed by atoms with Crippen LogP contribution in [-0.4, -0.2) is 45.8 Å². The summed E-state index contributed by atoms with van der Waals surface area (Å²) in [5, 5.41) is 19.7. The van der Waals surface area contributed by atoms with Gasteiger partial charge in [0.2, 0.25) is 0 Å². The summed E-state index contributed by atoms with van der Waals surface area (Å²) >= 11 is 0. The van der Waals surface area contributed by atoms with Crippen LogP contribution in [0.3, 0.4) is 0 Å². The van der Waals surface area contributed by atoms with E-state index in [2.05, 4.69) is 15.5 Å². The maximum atomic E-state index is 15.2. The van der Waals surface area contributed by atoms with Crippen molar-refractivity contribution in [1.29, 1.82) is 5.41 Å². The molecule has 1 aliphatic rings. The van der Waals surface area contributed by atoms with Crippen molar-refractivity contribution in [2.45, 2.75) is 12.8 Å². The predicted octanol–water partition coefficient (Wildman–Crippen LogP) is 3.73. The lowest BCUT2D eigenvalue weighted by atomic mass is 10.0. The number of hydrogen-bond donors (Lipinski definition) is 2. The molecule has 0 aliphatic carbocycles. The summed E-state index contributed by atoms with van der Waals surface area (Å²) in [4.78, 5) is 11.9. The number of rotatable bonds is 4. The summed E-state index contributed by atoms with van der Waals surface area (Å²) in [5.41, 5.74) is 1.45. The summed E-state index contributed by atoms with van der Waals surface area (Å²) in [5.74, 6) is -6.43. The monoisotopic (exact) mass is 454 g/mol. The fraction of sp³-hybridized carbons (Fsp3) is 0.217. The van der Waals surface area contributed by atoms with Crippen LogP contribution in [0.4, 0.5) is 13.2 Å². The first-order chi connectivity index (χ1) is 15.6. The highest BCUT2D eigenvalue weighted by atomic mass is 19.3. The average molecular weight is 454 g/mol. The molecule has 1 aromatic heterocycles. The van der Waals surface area contributed by atoms with E-state index in [-0.39, 0.29) is 23.4 Å². The maximum absolute atomic E-state index is 15.2. The van der Waals surface area contributed by atoms with Gasteiger partial charge < -0.3 is 5.32 Å². The number of aromatic nitrogens is 2. The van der Waals surface area contributed by atoms with E-state index in [1.165, 1.54) is 24.0 Å². The second kappa shape index (κ2) is 8.19. The number of hydrazone groups is 1. The number of allylic oxidation sites excluding steroid dienone is 1. The van der Waals surface area contributed by atoms with Crippen molar-refractivity contribution in [2.24, 2.45) is 12.1 Å². The fourth-order valence-electron chi connectivity index (χ4n) is 3.69. The number of aryl methyl sites for hydroxylation is 2. The molecule has 0 spiro atoms. The van der Waals surface area contributed by atoms with Crippen molar-refractivity contribution in [3.8, 4) is 0 Å². The van der Waals surface area contributed by atoms with Crippen molar-refractivity contribution in [3.63, 3.8) is 0 Å². The molecule has 0 radical (unpaired) electrons. The summed E-state index contributed by atoms with van der Waals surface area (Å²) < 4.78 is 46.7. The number of halogens is 3. The molecule has 3 aromatic rings. The summed E-state index contributed by atoms with van der Waals surface area (Å²) in [6, 6.07) is 7.25. The zero-order chi connectivity index (χ0) is 23.9. The molecule has 10 heteroatoms. The fourth-order valence-corrected chi connectivity index (χ4v) is 3.69. The number of alkyl halides is 2. The number of fused-ring (bicyclic) bond motifs is 1. The van der Waals surface area contributed by atoms with Crippen LogP contribution >= 0.6 is 0 Å². The Hall–Kier alpha value is -3.95. The van der Waals surface area contributed by atoms with Gasteiger partial charge in [-0.05, 0) is 42.8 Å². The number of nitrogens with zero attached hydrogens (tertiary/aromatic N) is 4. The second-order valence-corrected chi connectivity index (χ2v) is 7.66. The first-order valence-electron chi connectivity index (χ1n) is 10.1. The normalized spacial score (nSPS) is 13.9. The molecule has 0 unspecified atom stereocenters. The number of amidine groups is 1. The maximum Gasteiger partial charge on any atom is 0.333 e. The van der Waals surface area contributed by atoms with Gasteiger partial charge in [0, 0.05) is 31.4 Å². The van der Waals surface area contributed by atoms with E-state index >= 15 is 8.78 Å². The van der Waals surface area contributed by atoms with Gasteiger partial charge in [-0.1, -0.05) is 12.1 Å². The highest BCUT2D eigenvalue weighted by Crippen LogP contribution is 2.35. The third-order valence-electron chi connectivity index (χ3n) is 5.41. The first kappa shape index (κ1) is 22.3. The van der Waals surface area contributed by atoms with E-state index in [1.807, 2.05) is 0 Å². The lowest BCUT2D eigenvalue weighted by Gasteiger charge is -2.27. The summed E-state index contributed by atoms with van der Waals surface area (Å²) in [6.07, 6.45) is 4.56. The van der Waals surface area contributed by atoms with Gasteiger partial charge in [-0.2, -0.15) is 19.0 Å². The molecule has 2 heterocycles. The average Bonchev–Trinajstić information content (AvgIpc) is 3.19. The molecule has 2 N–H and O–H groups in total. The molecule has 170 valence electrons. The number of amides is 1. The molecule has 1 amide bonds. The predicted molar refractivity (Wildman–Crippen MR) is 119 cm³/mol. The topological polar surface area (TPSA) is 86.4 Å². The van der Waals surface area contributed by atoms with Crippen LogP contribution in [0.2, 0.25) is 0 Å². The molecule has 0 saturated carbocycles. The Morgan fingerprint density at radius 3 is 2.70 bits per heavy atom. The zero-order valence-electron chi connectivity index (χ0n) is 18.2. The van der Waals surface area contributed by atoms with Gasteiger partial charge in [0.1, 0.15) is 5.82 Å². The SMILES string of the molecule is CNC(=O)c1ccc(C2=NN(C(=N)C(F)(F)c3ccc4nn(C)cc4c3F)CC=C2)cc1C. The van der Waals surface area contributed by atoms with Crippen LogP contribution in [0.15, 0.2) is 53.8 Å². The molecule has 7 nitrogen and oxygen atoms in total. The second-order valence-electron chi connectivity index (χ2n) is 7.66. The van der Waals surface area contributed by atoms with Crippen LogP contribution in [-0.2, 0) is 13.0 Å². The molecule has 4 rings (SSSR count). The summed E-state index contributed by atoms with van der Waals surface area (Å²) in [7, 11) is 3.10. The third kappa shape index (κ3) is 3.88. The number of hydrogen-bond acceptors (Lipinski definition) is 4. The third-order valence-corrected chi connectivity index (χ3v) is 5.41.